The molecule has 0 fully saturated rings. The summed E-state index contributed by atoms with van der Waals surface area (Å²) in [6.07, 6.45) is 0.534. The molecule has 0 aromatic heterocycles. The minimum atomic E-state index is 0.156. The van der Waals surface area contributed by atoms with E-state index in [1.165, 1.54) is 0 Å². The first-order chi connectivity index (χ1) is 9.43. The maximum absolute atomic E-state index is 12.2. The number of hydrogen-bond acceptors (Lipinski definition) is 3. The summed E-state index contributed by atoms with van der Waals surface area (Å²) in [5.41, 5.74) is 0.703. The molecule has 0 bridgehead atoms. The number of rotatable bonds is 8. The highest BCUT2D eigenvalue weighted by Crippen LogP contribution is 2.13. The van der Waals surface area contributed by atoms with Gasteiger partial charge in [0.2, 0.25) is 0 Å². The topological polar surface area (TPSA) is 23.6 Å². The molecule has 0 saturated carbocycles. The fourth-order valence-electron chi connectivity index (χ4n) is 2.39. The van der Waals surface area contributed by atoms with E-state index in [9.17, 15) is 4.79 Å². The Morgan fingerprint density at radius 2 is 2.05 bits per heavy atom. The van der Waals surface area contributed by atoms with Crippen molar-refractivity contribution in [3.05, 3.63) is 34.9 Å². The third-order valence-corrected chi connectivity index (χ3v) is 3.67. The number of carbonyl (C=O) groups is 1. The van der Waals surface area contributed by atoms with Gasteiger partial charge in [0.05, 0.1) is 0 Å². The van der Waals surface area contributed by atoms with Crippen LogP contribution in [0.25, 0.3) is 0 Å². The van der Waals surface area contributed by atoms with Crippen LogP contribution in [0.4, 0.5) is 0 Å². The summed E-state index contributed by atoms with van der Waals surface area (Å²) in [7, 11) is 4.14. The Morgan fingerprint density at radius 1 is 1.35 bits per heavy atom. The Morgan fingerprint density at radius 3 is 2.60 bits per heavy atom. The first-order valence-corrected chi connectivity index (χ1v) is 7.49. The summed E-state index contributed by atoms with van der Waals surface area (Å²) < 4.78 is 0. The zero-order valence-corrected chi connectivity index (χ0v) is 13.7. The second-order valence-electron chi connectivity index (χ2n) is 5.42. The lowest BCUT2D eigenvalue weighted by Gasteiger charge is -2.29. The number of hydrogen-bond donors (Lipinski definition) is 0. The molecule has 1 aromatic carbocycles. The van der Waals surface area contributed by atoms with E-state index < -0.39 is 0 Å². The van der Waals surface area contributed by atoms with Crippen molar-refractivity contribution in [2.24, 2.45) is 0 Å². The Labute approximate surface area is 127 Å². The van der Waals surface area contributed by atoms with Crippen LogP contribution < -0.4 is 0 Å². The minimum Gasteiger partial charge on any atom is -0.308 e. The third kappa shape index (κ3) is 5.61. The van der Waals surface area contributed by atoms with Gasteiger partial charge in [0.25, 0.3) is 0 Å². The molecule has 3 nitrogen and oxygen atoms in total. The van der Waals surface area contributed by atoms with Gasteiger partial charge in [-0.3, -0.25) is 9.69 Å². The van der Waals surface area contributed by atoms with Crippen molar-refractivity contribution in [1.82, 2.24) is 9.80 Å². The molecule has 0 aliphatic carbocycles. The molecular formula is C16H25ClN2O. The Kier molecular flexibility index (Phi) is 7.20. The van der Waals surface area contributed by atoms with Crippen LogP contribution in [0.5, 0.6) is 0 Å². The monoisotopic (exact) mass is 296 g/mol. The quantitative estimate of drug-likeness (QED) is 0.688. The molecule has 1 unspecified atom stereocenters. The molecule has 1 aromatic rings. The van der Waals surface area contributed by atoms with Gasteiger partial charge in [-0.2, -0.15) is 0 Å². The highest BCUT2D eigenvalue weighted by atomic mass is 35.5. The SMILES string of the molecule is CCN(CCC(=O)c1cccc(Cl)c1)C(C)CN(C)C. The van der Waals surface area contributed by atoms with Crippen molar-refractivity contribution in [2.75, 3.05) is 33.7 Å². The number of Topliss-reactive ketones (excluding diaryl/α,β-unsaturated/α-hetero) is 1. The average molecular weight is 297 g/mol. The molecule has 20 heavy (non-hydrogen) atoms. The minimum absolute atomic E-state index is 0.156. The molecular weight excluding hydrogens is 272 g/mol. The van der Waals surface area contributed by atoms with Gasteiger partial charge in [0, 0.05) is 36.1 Å². The van der Waals surface area contributed by atoms with E-state index >= 15 is 0 Å². The first-order valence-electron chi connectivity index (χ1n) is 7.11. The van der Waals surface area contributed by atoms with Gasteiger partial charge in [-0.15, -0.1) is 0 Å². The highest BCUT2D eigenvalue weighted by Gasteiger charge is 2.15. The number of halogens is 1. The third-order valence-electron chi connectivity index (χ3n) is 3.43. The predicted octanol–water partition coefficient (Wildman–Crippen LogP) is 3.18. The molecule has 0 aliphatic rings. The van der Waals surface area contributed by atoms with Gasteiger partial charge in [0.1, 0.15) is 0 Å². The van der Waals surface area contributed by atoms with Gasteiger partial charge in [0.15, 0.2) is 5.78 Å². The Bertz CT molecular complexity index is 434. The largest absolute Gasteiger partial charge is 0.308 e. The van der Waals surface area contributed by atoms with E-state index in [0.717, 1.165) is 19.6 Å². The second kappa shape index (κ2) is 8.40. The molecule has 0 amide bonds. The van der Waals surface area contributed by atoms with Crippen LogP contribution in [0.2, 0.25) is 5.02 Å². The Hall–Kier alpha value is -0.900. The number of ketones is 1. The molecule has 1 rings (SSSR count). The van der Waals surface area contributed by atoms with Crippen LogP contribution in [0.3, 0.4) is 0 Å². The van der Waals surface area contributed by atoms with E-state index in [2.05, 4.69) is 37.7 Å². The number of likely N-dealkylation sites (N-methyl/N-ethyl adjacent to an activating group) is 2. The molecule has 0 spiro atoms. The smallest absolute Gasteiger partial charge is 0.164 e. The maximum atomic E-state index is 12.2. The van der Waals surface area contributed by atoms with Gasteiger partial charge in [-0.1, -0.05) is 30.7 Å². The predicted molar refractivity (Wildman–Crippen MR) is 85.7 cm³/mol. The van der Waals surface area contributed by atoms with Crippen molar-refractivity contribution in [1.29, 1.82) is 0 Å². The normalized spacial score (nSPS) is 12.9. The van der Waals surface area contributed by atoms with Crippen molar-refractivity contribution < 1.29 is 4.79 Å². The van der Waals surface area contributed by atoms with Crippen LogP contribution in [0, 0.1) is 0 Å². The van der Waals surface area contributed by atoms with Crippen molar-refractivity contribution in [3.8, 4) is 0 Å². The van der Waals surface area contributed by atoms with Gasteiger partial charge in [-0.25, -0.2) is 0 Å². The summed E-state index contributed by atoms with van der Waals surface area (Å²) in [4.78, 5) is 16.7. The zero-order chi connectivity index (χ0) is 15.1. The van der Waals surface area contributed by atoms with Crippen LogP contribution in [-0.2, 0) is 0 Å². The maximum Gasteiger partial charge on any atom is 0.164 e. The lowest BCUT2D eigenvalue weighted by atomic mass is 10.1. The van der Waals surface area contributed by atoms with E-state index in [0.29, 0.717) is 23.0 Å². The van der Waals surface area contributed by atoms with Crippen LogP contribution in [0.15, 0.2) is 24.3 Å². The highest BCUT2D eigenvalue weighted by molar-refractivity contribution is 6.31. The molecule has 1 atom stereocenters. The fraction of sp³-hybridized carbons (Fsp3) is 0.562. The molecule has 0 radical (unpaired) electrons. The Balaban J connectivity index is 2.53. The van der Waals surface area contributed by atoms with Crippen LogP contribution in [-0.4, -0.2) is 55.4 Å². The zero-order valence-electron chi connectivity index (χ0n) is 12.9. The molecule has 112 valence electrons. The van der Waals surface area contributed by atoms with Gasteiger partial charge < -0.3 is 4.90 Å². The van der Waals surface area contributed by atoms with Gasteiger partial charge in [-0.05, 0) is 39.7 Å². The van der Waals surface area contributed by atoms with Crippen molar-refractivity contribution >= 4 is 17.4 Å². The molecule has 0 heterocycles. The summed E-state index contributed by atoms with van der Waals surface area (Å²) in [6, 6.07) is 7.62. The summed E-state index contributed by atoms with van der Waals surface area (Å²) in [5, 5.41) is 0.615. The molecule has 0 saturated heterocycles. The lowest BCUT2D eigenvalue weighted by Crippen LogP contribution is -2.41. The van der Waals surface area contributed by atoms with E-state index in [-0.39, 0.29) is 5.78 Å². The van der Waals surface area contributed by atoms with Crippen molar-refractivity contribution in [3.63, 3.8) is 0 Å². The van der Waals surface area contributed by atoms with Crippen molar-refractivity contribution in [2.45, 2.75) is 26.3 Å². The standard InChI is InChI=1S/C16H25ClN2O/c1-5-19(13(2)12-18(3)4)10-9-16(20)14-7-6-8-15(17)11-14/h6-8,11,13H,5,9-10,12H2,1-4H3. The van der Waals surface area contributed by atoms with Crippen LogP contribution in [0.1, 0.15) is 30.6 Å². The number of carbonyl (C=O) groups excluding carboxylic acids is 1. The average Bonchev–Trinajstić information content (AvgIpc) is 2.38. The van der Waals surface area contributed by atoms with E-state index in [4.69, 9.17) is 11.6 Å². The second-order valence-corrected chi connectivity index (χ2v) is 5.86. The number of nitrogens with zero attached hydrogens (tertiary/aromatic N) is 2. The van der Waals surface area contributed by atoms with Crippen LogP contribution >= 0.6 is 11.6 Å². The summed E-state index contributed by atoms with van der Waals surface area (Å²) >= 11 is 5.92. The van der Waals surface area contributed by atoms with E-state index in [1.54, 1.807) is 12.1 Å². The molecule has 0 aliphatic heterocycles. The fourth-order valence-corrected chi connectivity index (χ4v) is 2.58. The van der Waals surface area contributed by atoms with E-state index in [1.807, 2.05) is 12.1 Å². The molecule has 0 N–H and O–H groups in total. The summed E-state index contributed by atoms with van der Waals surface area (Å²) in [5.74, 6) is 0.156. The molecule has 4 heteroatoms. The summed E-state index contributed by atoms with van der Waals surface area (Å²) in [6.45, 7) is 7.08. The number of benzene rings is 1. The lowest BCUT2D eigenvalue weighted by molar-refractivity contribution is 0.0949. The van der Waals surface area contributed by atoms with Gasteiger partial charge >= 0.3 is 0 Å². The first kappa shape index (κ1) is 17.2.